The van der Waals surface area contributed by atoms with Crippen molar-refractivity contribution >= 4 is 34.6 Å². The molecule has 0 aromatic heterocycles. The average molecular weight is 727 g/mol. The lowest BCUT2D eigenvalue weighted by Crippen LogP contribution is -2.50. The molecule has 0 radical (unpaired) electrons. The molecule has 51 heavy (non-hydrogen) atoms. The second kappa shape index (κ2) is 15.1. The lowest BCUT2D eigenvalue weighted by Gasteiger charge is -2.39. The molecule has 0 spiro atoms. The van der Waals surface area contributed by atoms with Crippen LogP contribution in [0.3, 0.4) is 0 Å². The van der Waals surface area contributed by atoms with Crippen LogP contribution in [0.25, 0.3) is 0 Å². The van der Waals surface area contributed by atoms with Crippen molar-refractivity contribution in [2.75, 3.05) is 19.8 Å². The van der Waals surface area contributed by atoms with E-state index in [4.69, 9.17) is 16.6 Å². The lowest BCUT2D eigenvalue weighted by atomic mass is 9.93. The predicted molar refractivity (Wildman–Crippen MR) is 194 cm³/mol. The summed E-state index contributed by atoms with van der Waals surface area (Å²) in [7, 11) is 0. The van der Waals surface area contributed by atoms with E-state index in [2.05, 4.69) is 44.8 Å². The molecular weight excluding hydrogens is 686 g/mol. The van der Waals surface area contributed by atoms with Crippen LogP contribution in [0.2, 0.25) is 5.02 Å². The Balaban J connectivity index is 1.73. The molecule has 0 N–H and O–H groups in total. The highest BCUT2D eigenvalue weighted by Crippen LogP contribution is 2.41. The van der Waals surface area contributed by atoms with E-state index in [1.807, 2.05) is 41.3 Å². The number of rotatable bonds is 6. The summed E-state index contributed by atoms with van der Waals surface area (Å²) in [6.45, 7) is 12.4. The van der Waals surface area contributed by atoms with Crippen molar-refractivity contribution in [3.8, 4) is 0 Å². The first kappa shape index (κ1) is 37.9. The molecule has 1 aliphatic heterocycles. The van der Waals surface area contributed by atoms with Crippen molar-refractivity contribution < 1.29 is 26.3 Å². The number of para-hydroxylation sites is 1. The van der Waals surface area contributed by atoms with Gasteiger partial charge in [0.25, 0.3) is 0 Å². The largest absolute Gasteiger partial charge is 0.418 e. The molecule has 0 atom stereocenters. The summed E-state index contributed by atoms with van der Waals surface area (Å²) in [4.78, 5) is 13.6. The Morgan fingerprint density at radius 1 is 0.667 bits per heavy atom. The Hall–Kier alpha value is -4.31. The summed E-state index contributed by atoms with van der Waals surface area (Å²) in [5, 5.41) is -0.212. The Labute approximate surface area is 300 Å². The lowest BCUT2D eigenvalue weighted by molar-refractivity contribution is -0.138. The first-order valence-corrected chi connectivity index (χ1v) is 17.2. The third-order valence-electron chi connectivity index (χ3n) is 8.84. The van der Waals surface area contributed by atoms with E-state index in [-0.39, 0.29) is 46.2 Å². The van der Waals surface area contributed by atoms with Crippen molar-refractivity contribution in [3.63, 3.8) is 0 Å². The van der Waals surface area contributed by atoms with Gasteiger partial charge in [-0.05, 0) is 73.1 Å². The molecule has 0 amide bonds. The highest BCUT2D eigenvalue weighted by molar-refractivity contribution is 6.31. The number of halogens is 7. The van der Waals surface area contributed by atoms with Gasteiger partial charge in [-0.15, -0.1) is 0 Å². The quantitative estimate of drug-likeness (QED) is 0.113. The second-order valence-corrected chi connectivity index (χ2v) is 14.0. The van der Waals surface area contributed by atoms with E-state index in [0.717, 1.165) is 40.6 Å². The van der Waals surface area contributed by atoms with Crippen molar-refractivity contribution in [1.29, 1.82) is 0 Å². The smallest absolute Gasteiger partial charge is 0.338 e. The Kier molecular flexibility index (Phi) is 11.2. The van der Waals surface area contributed by atoms with Crippen molar-refractivity contribution in [1.82, 2.24) is 9.80 Å². The SMILES string of the molecule is Cc1cc(C)c(N=C(c2cc(Cl)cc(C(F)(F)F)c2)N2CCCN(C(=Nc3c(C(C)C)cccc3C(C)C)c3ccccc3)C2)c(C(F)(F)F)c1. The minimum Gasteiger partial charge on any atom is -0.338 e. The Morgan fingerprint density at radius 2 is 1.24 bits per heavy atom. The highest BCUT2D eigenvalue weighted by atomic mass is 35.5. The molecule has 0 aliphatic carbocycles. The molecule has 0 unspecified atom stereocenters. The maximum atomic E-state index is 14.5. The summed E-state index contributed by atoms with van der Waals surface area (Å²) in [5.41, 5.74) is 2.03. The van der Waals surface area contributed by atoms with E-state index in [0.29, 0.717) is 30.9 Å². The van der Waals surface area contributed by atoms with Crippen LogP contribution in [0.1, 0.15) is 90.5 Å². The fourth-order valence-electron chi connectivity index (χ4n) is 6.43. The maximum absolute atomic E-state index is 14.5. The van der Waals surface area contributed by atoms with Gasteiger partial charge in [0, 0.05) is 29.2 Å². The van der Waals surface area contributed by atoms with Crippen LogP contribution in [0.4, 0.5) is 37.7 Å². The van der Waals surface area contributed by atoms with Gasteiger partial charge in [0.2, 0.25) is 0 Å². The molecule has 1 saturated heterocycles. The summed E-state index contributed by atoms with van der Waals surface area (Å²) < 4.78 is 85.6. The topological polar surface area (TPSA) is 31.2 Å². The van der Waals surface area contributed by atoms with E-state index < -0.39 is 23.5 Å². The number of nitrogens with zero attached hydrogens (tertiary/aromatic N) is 4. The molecule has 4 aromatic carbocycles. The monoisotopic (exact) mass is 726 g/mol. The van der Waals surface area contributed by atoms with Gasteiger partial charge in [-0.25, -0.2) is 9.98 Å². The van der Waals surface area contributed by atoms with Gasteiger partial charge in [0.1, 0.15) is 11.7 Å². The molecular formula is C40H41ClF6N4. The Bertz CT molecular complexity index is 1900. The molecule has 0 saturated carbocycles. The fourth-order valence-corrected chi connectivity index (χ4v) is 6.66. The molecule has 270 valence electrons. The van der Waals surface area contributed by atoms with Crippen LogP contribution in [0, 0.1) is 13.8 Å². The van der Waals surface area contributed by atoms with Gasteiger partial charge in [-0.2, -0.15) is 26.3 Å². The van der Waals surface area contributed by atoms with Crippen LogP contribution < -0.4 is 0 Å². The van der Waals surface area contributed by atoms with E-state index in [1.165, 1.54) is 13.0 Å². The van der Waals surface area contributed by atoms with Crippen molar-refractivity contribution in [2.45, 2.75) is 72.2 Å². The summed E-state index contributed by atoms with van der Waals surface area (Å²) >= 11 is 6.24. The van der Waals surface area contributed by atoms with E-state index in [9.17, 15) is 26.3 Å². The van der Waals surface area contributed by atoms with Gasteiger partial charge < -0.3 is 9.80 Å². The van der Waals surface area contributed by atoms with Crippen LogP contribution >= 0.6 is 11.6 Å². The molecule has 1 aliphatic rings. The van der Waals surface area contributed by atoms with E-state index >= 15 is 0 Å². The number of aryl methyl sites for hydroxylation is 2. The molecule has 11 heteroatoms. The number of hydrogen-bond acceptors (Lipinski definition) is 2. The van der Waals surface area contributed by atoms with Gasteiger partial charge in [0.15, 0.2) is 0 Å². The molecule has 1 fully saturated rings. The van der Waals surface area contributed by atoms with Crippen molar-refractivity contribution in [3.05, 3.63) is 128 Å². The maximum Gasteiger partial charge on any atom is 0.418 e. The first-order valence-electron chi connectivity index (χ1n) is 16.9. The average Bonchev–Trinajstić information content (AvgIpc) is 3.05. The number of hydrogen-bond donors (Lipinski definition) is 0. The fraction of sp³-hybridized carbons (Fsp3) is 0.350. The predicted octanol–water partition coefficient (Wildman–Crippen LogP) is 12.1. The summed E-state index contributed by atoms with van der Waals surface area (Å²) in [6, 6.07) is 21.3. The van der Waals surface area contributed by atoms with Crippen LogP contribution in [0.5, 0.6) is 0 Å². The van der Waals surface area contributed by atoms with E-state index in [1.54, 1.807) is 17.9 Å². The zero-order chi connectivity index (χ0) is 37.2. The van der Waals surface area contributed by atoms with Gasteiger partial charge in [-0.3, -0.25) is 0 Å². The second-order valence-electron chi connectivity index (χ2n) is 13.6. The van der Waals surface area contributed by atoms with Crippen LogP contribution in [0.15, 0.2) is 88.8 Å². The number of benzene rings is 4. The highest BCUT2D eigenvalue weighted by Gasteiger charge is 2.36. The van der Waals surface area contributed by atoms with Crippen LogP contribution in [-0.2, 0) is 12.4 Å². The van der Waals surface area contributed by atoms with Crippen molar-refractivity contribution in [2.24, 2.45) is 9.98 Å². The molecule has 0 bridgehead atoms. The number of amidine groups is 2. The molecule has 4 aromatic rings. The normalized spacial score (nSPS) is 15.0. The minimum absolute atomic E-state index is 0.0461. The van der Waals surface area contributed by atoms with Crippen LogP contribution in [-0.4, -0.2) is 41.2 Å². The number of alkyl halides is 6. The zero-order valence-electron chi connectivity index (χ0n) is 29.4. The molecule has 5 rings (SSSR count). The Morgan fingerprint density at radius 3 is 1.78 bits per heavy atom. The van der Waals surface area contributed by atoms with Gasteiger partial charge >= 0.3 is 12.4 Å². The summed E-state index contributed by atoms with van der Waals surface area (Å²) in [5.74, 6) is 0.923. The third-order valence-corrected chi connectivity index (χ3v) is 9.06. The number of aliphatic imine (C=N–C) groups is 2. The van der Waals surface area contributed by atoms with Gasteiger partial charge in [0.05, 0.1) is 29.2 Å². The zero-order valence-corrected chi connectivity index (χ0v) is 30.2. The minimum atomic E-state index is -4.76. The van der Waals surface area contributed by atoms with Gasteiger partial charge in [-0.1, -0.05) is 99.5 Å². The standard InChI is InChI=1S/C40H41ClF6N4/c1-24(2)32-14-10-15-33(25(3)4)36(32)49-37(28-12-8-7-9-13-28)50-16-11-17-51(23-50)38(29-20-30(39(42,43)44)22-31(41)21-29)48-35-27(6)18-26(5)19-34(35)40(45,46)47/h7-10,12-15,18-22,24-25H,11,16-17,23H2,1-6H3. The molecule has 1 heterocycles. The third kappa shape index (κ3) is 8.78. The summed E-state index contributed by atoms with van der Waals surface area (Å²) in [6.07, 6.45) is -8.98. The molecule has 4 nitrogen and oxygen atoms in total. The first-order chi connectivity index (χ1) is 23.9.